The molecule has 27 heavy (non-hydrogen) atoms. The van der Waals surface area contributed by atoms with Crippen molar-refractivity contribution in [2.75, 3.05) is 5.32 Å². The zero-order chi connectivity index (χ0) is 18.6. The maximum atomic E-state index is 13.3. The monoisotopic (exact) mass is 389 g/mol. The Hall–Kier alpha value is -2.68. The topological polar surface area (TPSA) is 55.6 Å². The molecule has 0 atom stereocenters. The van der Waals surface area contributed by atoms with E-state index in [0.29, 0.717) is 12.8 Å². The number of anilines is 1. The van der Waals surface area contributed by atoms with Gasteiger partial charge in [0.1, 0.15) is 0 Å². The smallest absolute Gasteiger partial charge is 0.359 e. The normalized spacial score (nSPS) is 20.1. The third-order valence-electron chi connectivity index (χ3n) is 4.82. The van der Waals surface area contributed by atoms with Crippen LogP contribution in [0.25, 0.3) is 21.3 Å². The van der Waals surface area contributed by atoms with Crippen LogP contribution in [-0.2, 0) is 6.18 Å². The van der Waals surface area contributed by atoms with Gasteiger partial charge < -0.3 is 5.32 Å². The molecule has 0 aliphatic heterocycles. The Labute approximate surface area is 155 Å². The minimum atomic E-state index is -4.49. The second-order valence-electron chi connectivity index (χ2n) is 6.62. The second kappa shape index (κ2) is 5.91. The molecular formula is C18H14F3N5S. The summed E-state index contributed by atoms with van der Waals surface area (Å²) in [4.78, 5) is 8.67. The molecule has 1 saturated carbocycles. The molecule has 0 bridgehead atoms. The van der Waals surface area contributed by atoms with Gasteiger partial charge in [-0.15, -0.1) is 0 Å². The first-order valence-corrected chi connectivity index (χ1v) is 9.33. The van der Waals surface area contributed by atoms with Crippen molar-refractivity contribution in [3.05, 3.63) is 48.3 Å². The Kier molecular flexibility index (Phi) is 3.61. The van der Waals surface area contributed by atoms with E-state index in [2.05, 4.69) is 20.4 Å². The van der Waals surface area contributed by atoms with Gasteiger partial charge in [-0.1, -0.05) is 23.5 Å². The maximum absolute atomic E-state index is 13.3. The molecule has 0 saturated heterocycles. The standard InChI is InChI=1S/C18H14F3N5S/c19-18(20,21)15-12-4-3-7-22-16(12)26(25-15)11-8-10(9-11)23-17-24-13-5-1-2-6-14(13)27-17/h1-7,10-11H,8-9H2,(H,23,24). The van der Waals surface area contributed by atoms with Gasteiger partial charge in [0, 0.05) is 12.2 Å². The third kappa shape index (κ3) is 2.82. The van der Waals surface area contributed by atoms with E-state index in [4.69, 9.17) is 0 Å². The van der Waals surface area contributed by atoms with Crippen LogP contribution in [0.5, 0.6) is 0 Å². The largest absolute Gasteiger partial charge is 0.435 e. The van der Waals surface area contributed by atoms with E-state index >= 15 is 0 Å². The summed E-state index contributed by atoms with van der Waals surface area (Å²) >= 11 is 1.58. The van der Waals surface area contributed by atoms with Crippen LogP contribution in [0, 0.1) is 0 Å². The maximum Gasteiger partial charge on any atom is 0.435 e. The minimum Gasteiger partial charge on any atom is -0.359 e. The van der Waals surface area contributed by atoms with Gasteiger partial charge in [0.05, 0.1) is 21.6 Å². The quantitative estimate of drug-likeness (QED) is 0.543. The van der Waals surface area contributed by atoms with E-state index in [1.807, 2.05) is 24.3 Å². The molecule has 4 aromatic rings. The Balaban J connectivity index is 1.36. The molecule has 5 rings (SSSR count). The van der Waals surface area contributed by atoms with Gasteiger partial charge in [-0.2, -0.15) is 18.3 Å². The van der Waals surface area contributed by atoms with Crippen LogP contribution in [0.2, 0.25) is 0 Å². The van der Waals surface area contributed by atoms with Crippen LogP contribution >= 0.6 is 11.3 Å². The summed E-state index contributed by atoms with van der Waals surface area (Å²) < 4.78 is 42.3. The van der Waals surface area contributed by atoms with Crippen molar-refractivity contribution in [2.24, 2.45) is 0 Å². The van der Waals surface area contributed by atoms with Gasteiger partial charge in [-0.25, -0.2) is 14.6 Å². The number of aromatic nitrogens is 4. The van der Waals surface area contributed by atoms with Gasteiger partial charge in [0.25, 0.3) is 0 Å². The number of fused-ring (bicyclic) bond motifs is 2. The fraction of sp³-hybridized carbons (Fsp3) is 0.278. The molecule has 0 spiro atoms. The average molecular weight is 389 g/mol. The molecule has 0 radical (unpaired) electrons. The van der Waals surface area contributed by atoms with Crippen molar-refractivity contribution in [2.45, 2.75) is 31.1 Å². The molecule has 3 aromatic heterocycles. The summed E-state index contributed by atoms with van der Waals surface area (Å²) in [6.07, 6.45) is -1.63. The molecule has 1 N–H and O–H groups in total. The van der Waals surface area contributed by atoms with Gasteiger partial charge >= 0.3 is 6.18 Å². The predicted octanol–water partition coefficient (Wildman–Crippen LogP) is 4.88. The Morgan fingerprint density at radius 3 is 2.70 bits per heavy atom. The lowest BCUT2D eigenvalue weighted by Crippen LogP contribution is -2.37. The van der Waals surface area contributed by atoms with E-state index in [0.717, 1.165) is 15.3 Å². The number of alkyl halides is 3. The zero-order valence-corrected chi connectivity index (χ0v) is 14.8. The van der Waals surface area contributed by atoms with Gasteiger partial charge in [-0.05, 0) is 37.1 Å². The molecule has 5 nitrogen and oxygen atoms in total. The van der Waals surface area contributed by atoms with Crippen molar-refractivity contribution in [3.63, 3.8) is 0 Å². The van der Waals surface area contributed by atoms with Crippen molar-refractivity contribution >= 4 is 37.7 Å². The molecule has 0 amide bonds. The average Bonchev–Trinajstić information content (AvgIpc) is 3.18. The number of hydrogen-bond acceptors (Lipinski definition) is 5. The first-order chi connectivity index (χ1) is 13.0. The molecule has 1 aliphatic rings. The lowest BCUT2D eigenvalue weighted by molar-refractivity contribution is -0.140. The summed E-state index contributed by atoms with van der Waals surface area (Å²) in [6.45, 7) is 0. The van der Waals surface area contributed by atoms with E-state index in [-0.39, 0.29) is 23.1 Å². The number of thiazole rings is 1. The van der Waals surface area contributed by atoms with Crippen LogP contribution < -0.4 is 5.32 Å². The van der Waals surface area contributed by atoms with Crippen molar-refractivity contribution in [3.8, 4) is 0 Å². The number of rotatable bonds is 3. The molecule has 1 aromatic carbocycles. The number of nitrogens with one attached hydrogen (secondary N) is 1. The van der Waals surface area contributed by atoms with Gasteiger partial charge in [0.15, 0.2) is 16.5 Å². The minimum absolute atomic E-state index is 0.0487. The predicted molar refractivity (Wildman–Crippen MR) is 97.8 cm³/mol. The zero-order valence-electron chi connectivity index (χ0n) is 13.9. The fourth-order valence-electron chi connectivity index (χ4n) is 3.45. The Bertz CT molecular complexity index is 1090. The highest BCUT2D eigenvalue weighted by molar-refractivity contribution is 7.22. The van der Waals surface area contributed by atoms with Crippen LogP contribution in [0.15, 0.2) is 42.6 Å². The number of pyridine rings is 1. The van der Waals surface area contributed by atoms with Crippen molar-refractivity contribution in [1.82, 2.24) is 19.7 Å². The summed E-state index contributed by atoms with van der Waals surface area (Å²) in [7, 11) is 0. The first-order valence-electron chi connectivity index (χ1n) is 8.51. The van der Waals surface area contributed by atoms with Crippen LogP contribution in [-0.4, -0.2) is 25.8 Å². The molecule has 3 heterocycles. The number of hydrogen-bond donors (Lipinski definition) is 1. The molecule has 9 heteroatoms. The summed E-state index contributed by atoms with van der Waals surface area (Å²) in [6, 6.07) is 10.9. The summed E-state index contributed by atoms with van der Waals surface area (Å²) in [5.41, 5.74) is 0.361. The molecule has 1 aliphatic carbocycles. The number of benzene rings is 1. The van der Waals surface area contributed by atoms with E-state index in [1.165, 1.54) is 23.0 Å². The van der Waals surface area contributed by atoms with Crippen LogP contribution in [0.4, 0.5) is 18.3 Å². The van der Waals surface area contributed by atoms with Crippen LogP contribution in [0.1, 0.15) is 24.6 Å². The highest BCUT2D eigenvalue weighted by Gasteiger charge is 2.40. The van der Waals surface area contributed by atoms with E-state index < -0.39 is 11.9 Å². The fourth-order valence-corrected chi connectivity index (χ4v) is 4.39. The van der Waals surface area contributed by atoms with Crippen molar-refractivity contribution in [1.29, 1.82) is 0 Å². The van der Waals surface area contributed by atoms with E-state index in [9.17, 15) is 13.2 Å². The molecule has 1 fully saturated rings. The number of nitrogens with zero attached hydrogens (tertiary/aromatic N) is 4. The summed E-state index contributed by atoms with van der Waals surface area (Å²) in [5, 5.41) is 8.10. The van der Waals surface area contributed by atoms with Crippen LogP contribution in [0.3, 0.4) is 0 Å². The summed E-state index contributed by atoms with van der Waals surface area (Å²) in [5.74, 6) is 0. The lowest BCUT2D eigenvalue weighted by Gasteiger charge is -2.35. The SMILES string of the molecule is FC(F)(F)c1nn(C2CC(Nc3nc4ccccc4s3)C2)c2ncccc12. The highest BCUT2D eigenvalue weighted by Crippen LogP contribution is 2.40. The number of para-hydroxylation sites is 1. The first kappa shape index (κ1) is 16.5. The molecule has 0 unspecified atom stereocenters. The molecular weight excluding hydrogens is 375 g/mol. The molecule has 138 valence electrons. The third-order valence-corrected chi connectivity index (χ3v) is 5.78. The lowest BCUT2D eigenvalue weighted by atomic mass is 9.87. The van der Waals surface area contributed by atoms with E-state index in [1.54, 1.807) is 11.3 Å². The highest BCUT2D eigenvalue weighted by atomic mass is 32.1. The van der Waals surface area contributed by atoms with Gasteiger partial charge in [-0.3, -0.25) is 0 Å². The second-order valence-corrected chi connectivity index (χ2v) is 7.65. The number of halogens is 3. The Morgan fingerprint density at radius 2 is 1.93 bits per heavy atom. The van der Waals surface area contributed by atoms with Gasteiger partial charge in [0.2, 0.25) is 0 Å². The Morgan fingerprint density at radius 1 is 1.11 bits per heavy atom. The van der Waals surface area contributed by atoms with Crippen molar-refractivity contribution < 1.29 is 13.2 Å².